The molecule has 0 radical (unpaired) electrons. The van der Waals surface area contributed by atoms with Gasteiger partial charge in [0.2, 0.25) is 5.91 Å². The van der Waals surface area contributed by atoms with Crippen LogP contribution in [0.5, 0.6) is 0 Å². The maximum absolute atomic E-state index is 12.7. The van der Waals surface area contributed by atoms with Gasteiger partial charge >= 0.3 is 5.97 Å². The Bertz CT molecular complexity index is 796. The van der Waals surface area contributed by atoms with Gasteiger partial charge in [-0.2, -0.15) is 0 Å². The monoisotopic (exact) mass is 342 g/mol. The molecule has 1 saturated heterocycles. The largest absolute Gasteiger partial charge is 0.466 e. The van der Waals surface area contributed by atoms with Crippen LogP contribution in [0.2, 0.25) is 0 Å². The SMILES string of the molecule is CCOC(=O)C1CCCN(C(=O)Cn2cc(C=O)c3ccccc32)C1. The topological polar surface area (TPSA) is 68.6 Å². The Balaban J connectivity index is 1.74. The second-order valence-corrected chi connectivity index (χ2v) is 6.28. The lowest BCUT2D eigenvalue weighted by Gasteiger charge is -2.31. The minimum Gasteiger partial charge on any atom is -0.466 e. The van der Waals surface area contributed by atoms with Crippen LogP contribution in [0.4, 0.5) is 0 Å². The molecule has 1 aliphatic rings. The van der Waals surface area contributed by atoms with Gasteiger partial charge in [-0.3, -0.25) is 14.4 Å². The molecule has 1 aromatic heterocycles. The van der Waals surface area contributed by atoms with Crippen molar-refractivity contribution in [3.05, 3.63) is 36.0 Å². The number of nitrogens with zero attached hydrogens (tertiary/aromatic N) is 2. The van der Waals surface area contributed by atoms with Gasteiger partial charge in [-0.15, -0.1) is 0 Å². The van der Waals surface area contributed by atoms with Crippen molar-refractivity contribution in [1.82, 2.24) is 9.47 Å². The lowest BCUT2D eigenvalue weighted by molar-refractivity contribution is -0.151. The van der Waals surface area contributed by atoms with Crippen LogP contribution in [0, 0.1) is 5.92 Å². The molecule has 1 fully saturated rings. The quantitative estimate of drug-likeness (QED) is 0.617. The molecule has 1 amide bonds. The van der Waals surface area contributed by atoms with Crippen LogP contribution in [0.15, 0.2) is 30.5 Å². The van der Waals surface area contributed by atoms with Crippen LogP contribution < -0.4 is 0 Å². The van der Waals surface area contributed by atoms with E-state index in [1.165, 1.54) is 0 Å². The first-order chi connectivity index (χ1) is 12.1. The maximum Gasteiger partial charge on any atom is 0.310 e. The molecule has 0 bridgehead atoms. The van der Waals surface area contributed by atoms with Gasteiger partial charge in [-0.05, 0) is 25.8 Å². The number of para-hydroxylation sites is 1. The van der Waals surface area contributed by atoms with Crippen LogP contribution >= 0.6 is 0 Å². The summed E-state index contributed by atoms with van der Waals surface area (Å²) in [5, 5.41) is 0.841. The third kappa shape index (κ3) is 3.57. The number of amides is 1. The highest BCUT2D eigenvalue weighted by Gasteiger charge is 2.29. The highest BCUT2D eigenvalue weighted by molar-refractivity contribution is 5.98. The normalized spacial score (nSPS) is 17.5. The van der Waals surface area contributed by atoms with Gasteiger partial charge in [0, 0.05) is 35.8 Å². The number of hydrogen-bond donors (Lipinski definition) is 0. The number of ether oxygens (including phenoxy) is 1. The van der Waals surface area contributed by atoms with Crippen molar-refractivity contribution < 1.29 is 19.1 Å². The highest BCUT2D eigenvalue weighted by Crippen LogP contribution is 2.22. The van der Waals surface area contributed by atoms with Crippen LogP contribution in [-0.2, 0) is 20.9 Å². The van der Waals surface area contributed by atoms with Gasteiger partial charge in [-0.1, -0.05) is 18.2 Å². The molecule has 25 heavy (non-hydrogen) atoms. The molecule has 1 atom stereocenters. The molecular formula is C19H22N2O4. The second-order valence-electron chi connectivity index (χ2n) is 6.28. The lowest BCUT2D eigenvalue weighted by Crippen LogP contribution is -2.44. The lowest BCUT2D eigenvalue weighted by atomic mass is 9.98. The number of fused-ring (bicyclic) bond motifs is 1. The number of benzene rings is 1. The van der Waals surface area contributed by atoms with E-state index in [4.69, 9.17) is 4.74 Å². The number of piperidine rings is 1. The van der Waals surface area contributed by atoms with Crippen molar-refractivity contribution in [3.63, 3.8) is 0 Å². The van der Waals surface area contributed by atoms with E-state index >= 15 is 0 Å². The number of aldehydes is 1. The summed E-state index contributed by atoms with van der Waals surface area (Å²) in [7, 11) is 0. The van der Waals surface area contributed by atoms with Crippen LogP contribution in [0.25, 0.3) is 10.9 Å². The molecule has 0 saturated carbocycles. The number of hydrogen-bond acceptors (Lipinski definition) is 4. The zero-order valence-corrected chi connectivity index (χ0v) is 14.3. The zero-order chi connectivity index (χ0) is 17.8. The van der Waals surface area contributed by atoms with E-state index in [1.807, 2.05) is 24.3 Å². The minimum atomic E-state index is -0.246. The number of rotatable bonds is 5. The van der Waals surface area contributed by atoms with Crippen molar-refractivity contribution in [2.45, 2.75) is 26.3 Å². The summed E-state index contributed by atoms with van der Waals surface area (Å²) in [4.78, 5) is 37.6. The molecule has 2 heterocycles. The molecular weight excluding hydrogens is 320 g/mol. The van der Waals surface area contributed by atoms with Crippen molar-refractivity contribution in [1.29, 1.82) is 0 Å². The summed E-state index contributed by atoms with van der Waals surface area (Å²) in [6.07, 6.45) is 4.06. The fourth-order valence-corrected chi connectivity index (χ4v) is 3.40. The standard InChI is InChI=1S/C19H22N2O4/c1-2-25-19(24)14-6-5-9-20(10-14)18(23)12-21-11-15(13-22)16-7-3-4-8-17(16)21/h3-4,7-8,11,13-14H,2,5-6,9-10,12H2,1H3. The summed E-state index contributed by atoms with van der Waals surface area (Å²) < 4.78 is 6.88. The molecule has 6 nitrogen and oxygen atoms in total. The Morgan fingerprint density at radius 3 is 2.88 bits per heavy atom. The summed E-state index contributed by atoms with van der Waals surface area (Å²) in [6.45, 7) is 3.34. The molecule has 0 spiro atoms. The Labute approximate surface area is 146 Å². The van der Waals surface area contributed by atoms with Gasteiger partial charge in [0.1, 0.15) is 6.54 Å². The fraction of sp³-hybridized carbons (Fsp3) is 0.421. The molecule has 3 rings (SSSR count). The van der Waals surface area contributed by atoms with Crippen molar-refractivity contribution in [2.75, 3.05) is 19.7 Å². The van der Waals surface area contributed by atoms with E-state index in [-0.39, 0.29) is 24.3 Å². The highest BCUT2D eigenvalue weighted by atomic mass is 16.5. The van der Waals surface area contributed by atoms with E-state index in [0.29, 0.717) is 25.3 Å². The summed E-state index contributed by atoms with van der Waals surface area (Å²) in [5.74, 6) is -0.522. The molecule has 2 aromatic rings. The van der Waals surface area contributed by atoms with Gasteiger partial charge in [0.25, 0.3) is 0 Å². The van der Waals surface area contributed by atoms with Crippen molar-refractivity contribution >= 4 is 29.1 Å². The van der Waals surface area contributed by atoms with Crippen LogP contribution in [0.3, 0.4) is 0 Å². The third-order valence-electron chi connectivity index (χ3n) is 4.65. The Morgan fingerprint density at radius 1 is 1.32 bits per heavy atom. The van der Waals surface area contributed by atoms with E-state index < -0.39 is 0 Å². The number of carbonyl (C=O) groups excluding carboxylic acids is 3. The Hall–Kier alpha value is -2.63. The van der Waals surface area contributed by atoms with Crippen molar-refractivity contribution in [2.24, 2.45) is 5.92 Å². The molecule has 1 aliphatic heterocycles. The molecule has 132 valence electrons. The average Bonchev–Trinajstić information content (AvgIpc) is 3.00. The fourth-order valence-electron chi connectivity index (χ4n) is 3.40. The van der Waals surface area contributed by atoms with E-state index in [2.05, 4.69) is 0 Å². The average molecular weight is 342 g/mol. The van der Waals surface area contributed by atoms with E-state index in [1.54, 1.807) is 22.6 Å². The van der Waals surface area contributed by atoms with Gasteiger partial charge in [0.05, 0.1) is 12.5 Å². The second kappa shape index (κ2) is 7.51. The van der Waals surface area contributed by atoms with Gasteiger partial charge < -0.3 is 14.2 Å². The minimum absolute atomic E-state index is 0.0489. The third-order valence-corrected chi connectivity index (χ3v) is 4.65. The molecule has 1 unspecified atom stereocenters. The number of carbonyl (C=O) groups is 3. The molecule has 6 heteroatoms. The summed E-state index contributed by atoms with van der Waals surface area (Å²) in [6, 6.07) is 7.52. The smallest absolute Gasteiger partial charge is 0.310 e. The number of likely N-dealkylation sites (tertiary alicyclic amines) is 1. The van der Waals surface area contributed by atoms with E-state index in [0.717, 1.165) is 30.0 Å². The summed E-state index contributed by atoms with van der Waals surface area (Å²) >= 11 is 0. The molecule has 0 N–H and O–H groups in total. The summed E-state index contributed by atoms with van der Waals surface area (Å²) in [5.41, 5.74) is 1.43. The zero-order valence-electron chi connectivity index (χ0n) is 14.3. The van der Waals surface area contributed by atoms with Crippen molar-refractivity contribution in [3.8, 4) is 0 Å². The number of aromatic nitrogens is 1. The van der Waals surface area contributed by atoms with E-state index in [9.17, 15) is 14.4 Å². The van der Waals surface area contributed by atoms with Crippen LogP contribution in [-0.4, -0.2) is 47.3 Å². The first-order valence-corrected chi connectivity index (χ1v) is 8.61. The molecule has 0 aliphatic carbocycles. The molecule has 1 aromatic carbocycles. The first kappa shape index (κ1) is 17.2. The Kier molecular flexibility index (Phi) is 5.16. The van der Waals surface area contributed by atoms with Crippen LogP contribution in [0.1, 0.15) is 30.1 Å². The van der Waals surface area contributed by atoms with Gasteiger partial charge in [-0.25, -0.2) is 0 Å². The number of esters is 1. The predicted molar refractivity (Wildman–Crippen MR) is 93.3 cm³/mol. The maximum atomic E-state index is 12.7. The predicted octanol–water partition coefficient (Wildman–Crippen LogP) is 2.26. The first-order valence-electron chi connectivity index (χ1n) is 8.61. The Morgan fingerprint density at radius 2 is 2.12 bits per heavy atom. The van der Waals surface area contributed by atoms with Gasteiger partial charge in [0.15, 0.2) is 6.29 Å².